The highest BCUT2D eigenvalue weighted by atomic mass is 16.2. The smallest absolute Gasteiger partial charge is 0.325 e. The van der Waals surface area contributed by atoms with Gasteiger partial charge in [-0.2, -0.15) is 0 Å². The first-order valence-electron chi connectivity index (χ1n) is 9.68. The maximum atomic E-state index is 13.1. The minimum atomic E-state index is -1.10. The molecule has 1 aromatic carbocycles. The van der Waals surface area contributed by atoms with Gasteiger partial charge in [-0.3, -0.25) is 14.5 Å². The van der Waals surface area contributed by atoms with Crippen molar-refractivity contribution in [1.82, 2.24) is 15.1 Å². The summed E-state index contributed by atoms with van der Waals surface area (Å²) < 4.78 is 0. The van der Waals surface area contributed by atoms with Crippen molar-refractivity contribution in [2.45, 2.75) is 46.6 Å². The Morgan fingerprint density at radius 3 is 2.11 bits per heavy atom. The fourth-order valence-corrected chi connectivity index (χ4v) is 3.53. The lowest BCUT2D eigenvalue weighted by atomic mass is 9.87. The number of imide groups is 1. The van der Waals surface area contributed by atoms with Crippen LogP contribution < -0.4 is 5.32 Å². The van der Waals surface area contributed by atoms with E-state index in [4.69, 9.17) is 0 Å². The number of hydrogen-bond donors (Lipinski definition) is 1. The second-order valence-electron chi connectivity index (χ2n) is 8.03. The fraction of sp³-hybridized carbons (Fsp3) is 0.571. The maximum Gasteiger partial charge on any atom is 0.325 e. The van der Waals surface area contributed by atoms with Crippen LogP contribution >= 0.6 is 0 Å². The quantitative estimate of drug-likeness (QED) is 0.712. The Balaban J connectivity index is 2.22. The molecule has 1 fully saturated rings. The van der Waals surface area contributed by atoms with Gasteiger partial charge in [0, 0.05) is 13.1 Å². The number of carbonyl (C=O) groups excluding carboxylic acids is 3. The molecule has 148 valence electrons. The number of rotatable bonds is 8. The molecule has 0 radical (unpaired) electrons. The molecule has 0 bridgehead atoms. The van der Waals surface area contributed by atoms with Crippen molar-refractivity contribution in [3.05, 3.63) is 35.9 Å². The number of carbonyl (C=O) groups is 3. The monoisotopic (exact) mass is 373 g/mol. The number of nitrogens with zero attached hydrogens (tertiary/aromatic N) is 2. The summed E-state index contributed by atoms with van der Waals surface area (Å²) >= 11 is 0. The molecule has 0 spiro atoms. The molecule has 1 atom stereocenters. The van der Waals surface area contributed by atoms with Gasteiger partial charge >= 0.3 is 6.03 Å². The van der Waals surface area contributed by atoms with Gasteiger partial charge in [-0.25, -0.2) is 4.79 Å². The SMILES string of the molecule is CC[C@]1(c2ccccc2)NC(=O)N(CC(=O)N(CC(C)C)CC(C)C)C1=O. The van der Waals surface area contributed by atoms with E-state index in [1.165, 1.54) is 0 Å². The van der Waals surface area contributed by atoms with Crippen molar-refractivity contribution >= 4 is 17.8 Å². The lowest BCUT2D eigenvalue weighted by molar-refractivity contribution is -0.139. The first kappa shape index (κ1) is 20.9. The Hall–Kier alpha value is -2.37. The summed E-state index contributed by atoms with van der Waals surface area (Å²) in [6.07, 6.45) is 0.425. The zero-order valence-electron chi connectivity index (χ0n) is 17.0. The fourth-order valence-electron chi connectivity index (χ4n) is 3.53. The summed E-state index contributed by atoms with van der Waals surface area (Å²) in [6, 6.07) is 8.70. The van der Waals surface area contributed by atoms with Crippen LogP contribution in [0.15, 0.2) is 30.3 Å². The van der Waals surface area contributed by atoms with Crippen LogP contribution in [0.4, 0.5) is 4.79 Å². The van der Waals surface area contributed by atoms with Crippen molar-refractivity contribution in [3.8, 4) is 0 Å². The number of hydrogen-bond acceptors (Lipinski definition) is 3. The van der Waals surface area contributed by atoms with Crippen LogP contribution in [-0.4, -0.2) is 47.3 Å². The molecule has 1 aliphatic heterocycles. The topological polar surface area (TPSA) is 69.7 Å². The highest BCUT2D eigenvalue weighted by Gasteiger charge is 2.51. The summed E-state index contributed by atoms with van der Waals surface area (Å²) in [7, 11) is 0. The molecular weight excluding hydrogens is 342 g/mol. The predicted octanol–water partition coefficient (Wildman–Crippen LogP) is 2.98. The Morgan fingerprint density at radius 2 is 1.63 bits per heavy atom. The van der Waals surface area contributed by atoms with Crippen molar-refractivity contribution in [2.24, 2.45) is 11.8 Å². The van der Waals surface area contributed by atoms with Gasteiger partial charge in [0.05, 0.1) is 0 Å². The minimum Gasteiger partial charge on any atom is -0.341 e. The van der Waals surface area contributed by atoms with E-state index in [9.17, 15) is 14.4 Å². The van der Waals surface area contributed by atoms with E-state index in [0.29, 0.717) is 31.3 Å². The van der Waals surface area contributed by atoms with Crippen LogP contribution in [0.2, 0.25) is 0 Å². The van der Waals surface area contributed by atoms with Gasteiger partial charge in [-0.05, 0) is 23.8 Å². The van der Waals surface area contributed by atoms with Gasteiger partial charge in [-0.1, -0.05) is 65.0 Å². The van der Waals surface area contributed by atoms with E-state index >= 15 is 0 Å². The number of benzene rings is 1. The molecule has 1 saturated heterocycles. The third kappa shape index (κ3) is 4.49. The van der Waals surface area contributed by atoms with E-state index in [-0.39, 0.29) is 18.4 Å². The van der Waals surface area contributed by atoms with Gasteiger partial charge in [0.2, 0.25) is 5.91 Å². The highest BCUT2D eigenvalue weighted by Crippen LogP contribution is 2.32. The van der Waals surface area contributed by atoms with Crippen LogP contribution in [-0.2, 0) is 15.1 Å². The molecule has 4 amide bonds. The molecule has 1 heterocycles. The number of nitrogens with one attached hydrogen (secondary N) is 1. The molecule has 2 rings (SSSR count). The van der Waals surface area contributed by atoms with Crippen LogP contribution in [0.5, 0.6) is 0 Å². The molecule has 0 saturated carbocycles. The van der Waals surface area contributed by atoms with E-state index in [2.05, 4.69) is 5.32 Å². The van der Waals surface area contributed by atoms with Gasteiger partial charge in [0.25, 0.3) is 5.91 Å². The van der Waals surface area contributed by atoms with Gasteiger partial charge < -0.3 is 10.2 Å². The summed E-state index contributed by atoms with van der Waals surface area (Å²) in [5.41, 5.74) is -0.360. The minimum absolute atomic E-state index is 0.194. The lowest BCUT2D eigenvalue weighted by Crippen LogP contribution is -2.47. The van der Waals surface area contributed by atoms with Crippen LogP contribution in [0.3, 0.4) is 0 Å². The van der Waals surface area contributed by atoms with Crippen LogP contribution in [0, 0.1) is 11.8 Å². The number of urea groups is 1. The Morgan fingerprint density at radius 1 is 1.07 bits per heavy atom. The van der Waals surface area contributed by atoms with E-state index in [1.807, 2.05) is 65.0 Å². The van der Waals surface area contributed by atoms with Gasteiger partial charge in [0.1, 0.15) is 12.1 Å². The van der Waals surface area contributed by atoms with Crippen molar-refractivity contribution in [1.29, 1.82) is 0 Å². The maximum absolute atomic E-state index is 13.1. The average molecular weight is 373 g/mol. The molecule has 6 heteroatoms. The third-order valence-corrected chi connectivity index (χ3v) is 4.79. The van der Waals surface area contributed by atoms with E-state index in [0.717, 1.165) is 10.5 Å². The third-order valence-electron chi connectivity index (χ3n) is 4.79. The molecule has 0 aromatic heterocycles. The summed E-state index contributed by atoms with van der Waals surface area (Å²) in [4.78, 5) is 41.4. The Bertz CT molecular complexity index is 677. The molecule has 6 nitrogen and oxygen atoms in total. The summed E-state index contributed by atoms with van der Waals surface area (Å²) in [6.45, 7) is 11.0. The summed E-state index contributed by atoms with van der Waals surface area (Å²) in [5.74, 6) is 0.0779. The lowest BCUT2D eigenvalue weighted by Gasteiger charge is -2.28. The number of amides is 4. The standard InChI is InChI=1S/C21H31N3O3/c1-6-21(17-10-8-7-9-11-17)19(26)24(20(27)22-21)14-18(25)23(12-15(2)3)13-16(4)5/h7-11,15-16H,6,12-14H2,1-5H3,(H,22,27)/t21-/m1/s1. The zero-order valence-corrected chi connectivity index (χ0v) is 17.0. The zero-order chi connectivity index (χ0) is 20.2. The van der Waals surface area contributed by atoms with Gasteiger partial charge in [0.15, 0.2) is 0 Å². The summed E-state index contributed by atoms with van der Waals surface area (Å²) in [5, 5.41) is 2.83. The van der Waals surface area contributed by atoms with Crippen molar-refractivity contribution in [2.75, 3.05) is 19.6 Å². The highest BCUT2D eigenvalue weighted by molar-refractivity contribution is 6.09. The Kier molecular flexibility index (Phi) is 6.63. The van der Waals surface area contributed by atoms with Crippen molar-refractivity contribution < 1.29 is 14.4 Å². The second-order valence-corrected chi connectivity index (χ2v) is 8.03. The molecular formula is C21H31N3O3. The molecule has 1 N–H and O–H groups in total. The predicted molar refractivity (Wildman–Crippen MR) is 105 cm³/mol. The normalized spacial score (nSPS) is 19.7. The van der Waals surface area contributed by atoms with E-state index < -0.39 is 11.6 Å². The van der Waals surface area contributed by atoms with Crippen molar-refractivity contribution in [3.63, 3.8) is 0 Å². The molecule has 1 aromatic rings. The molecule has 27 heavy (non-hydrogen) atoms. The second kappa shape index (κ2) is 8.55. The van der Waals surface area contributed by atoms with Crippen LogP contribution in [0.1, 0.15) is 46.6 Å². The van der Waals surface area contributed by atoms with E-state index in [1.54, 1.807) is 4.90 Å². The van der Waals surface area contributed by atoms with Gasteiger partial charge in [-0.15, -0.1) is 0 Å². The van der Waals surface area contributed by atoms with Crippen LogP contribution in [0.25, 0.3) is 0 Å². The first-order valence-corrected chi connectivity index (χ1v) is 9.68. The average Bonchev–Trinajstić information content (AvgIpc) is 2.86. The first-order chi connectivity index (χ1) is 12.7. The largest absolute Gasteiger partial charge is 0.341 e. The molecule has 1 aliphatic rings. The molecule has 0 unspecified atom stereocenters. The molecule has 0 aliphatic carbocycles. The Labute approximate surface area is 161 Å².